The van der Waals surface area contributed by atoms with E-state index >= 15 is 0 Å². The zero-order valence-electron chi connectivity index (χ0n) is 52.1. The van der Waals surface area contributed by atoms with Crippen molar-refractivity contribution in [2.75, 3.05) is 20.3 Å². The standard InChI is InChI=1S/C59H97N13O14/c1-14-29(6)42-52(80)62-34(11)47(57(85)63-35(12)48(76)67-44(31(8)16-3)55(83)69-42)71-51(79)40(28-74)66-53(81)43(30(7)15-2)70-56(84)45(32(9)17-4)68-49(77)38(24-25-41(60)75)64-50(78)39(27-73)65-54(82)46(33(10)18-5)72-58(86)59(61-13)26-37(59)36-22-20-19-21-23-36/h19-23,29-35,37-40,42-47,61,73-74H,14-18,24-28H2,1-13H3,(H2,60,75)(H,62,80)(H,63,85)(H,64,78)(H,65,82)(H,66,81)(H,67,76)(H,68,77)(H,69,83)(H,70,84)(H,71,79)(H,72,86)/t29-,30-,31-,32+,33-,34-,35-,37?,38+,39-,40-,42-,43-,44-,45+,46-,47+,59?/m0/s1. The van der Waals surface area contributed by atoms with Crippen molar-refractivity contribution in [1.29, 1.82) is 0 Å². The van der Waals surface area contributed by atoms with E-state index in [2.05, 4.69) is 63.8 Å². The average molecular weight is 1210 g/mol. The molecule has 1 aliphatic heterocycles. The summed E-state index contributed by atoms with van der Waals surface area (Å²) >= 11 is 0. The van der Waals surface area contributed by atoms with E-state index in [1.54, 1.807) is 55.5 Å². The largest absolute Gasteiger partial charge is 0.394 e. The number of nitrogens with one attached hydrogen (secondary N) is 12. The molecule has 27 heteroatoms. The van der Waals surface area contributed by atoms with Gasteiger partial charge in [-0.05, 0) is 68.9 Å². The zero-order valence-corrected chi connectivity index (χ0v) is 52.1. The van der Waals surface area contributed by atoms with Crippen LogP contribution in [0.3, 0.4) is 0 Å². The van der Waals surface area contributed by atoms with Crippen LogP contribution in [0, 0.1) is 29.6 Å². The van der Waals surface area contributed by atoms with Gasteiger partial charge in [-0.1, -0.05) is 132 Å². The molecule has 0 radical (unpaired) electrons. The number of nitrogens with two attached hydrogens (primary N) is 1. The molecule has 1 saturated carbocycles. The number of hydrogen-bond acceptors (Lipinski definition) is 15. The van der Waals surface area contributed by atoms with Gasteiger partial charge < -0.3 is 79.7 Å². The number of aliphatic hydroxyl groups is 2. The molecule has 3 rings (SSSR count). The molecule has 27 nitrogen and oxygen atoms in total. The first-order chi connectivity index (χ1) is 40.5. The van der Waals surface area contributed by atoms with E-state index in [1.807, 2.05) is 51.1 Å². The first-order valence-electron chi connectivity index (χ1n) is 30.1. The molecule has 0 bridgehead atoms. The Morgan fingerprint density at radius 2 is 0.988 bits per heavy atom. The predicted octanol–water partition coefficient (Wildman–Crippen LogP) is -2.00. The second-order valence-corrected chi connectivity index (χ2v) is 23.3. The SMILES string of the molecule is CC[C@@H](C)[C@@H](NC(=O)[C@@H](CCC(N)=O)NC(=O)[C@H](CO)NC(=O)[C@@H](NC(=O)C1(NC)CC1c1ccccc1)[C@@H](C)CC)C(=O)N[C@H](C(=O)N[C@@H](CO)C(=O)N[C@H]1C(=O)N[C@@H](C)C(=O)N[C@@H]([C@@H](C)CC)C(=O)N[C@@H]([C@@H](C)CC)C(=O)N[C@H]1C)[C@@H](C)CC. The number of aliphatic hydroxyl groups excluding tert-OH is 2. The Labute approximate surface area is 504 Å². The summed E-state index contributed by atoms with van der Waals surface area (Å²) in [6.07, 6.45) is 1.55. The van der Waals surface area contributed by atoms with Gasteiger partial charge in [-0.15, -0.1) is 0 Å². The number of benzene rings is 1. The van der Waals surface area contributed by atoms with Crippen LogP contribution in [0.2, 0.25) is 0 Å². The van der Waals surface area contributed by atoms with Gasteiger partial charge in [0.2, 0.25) is 70.9 Å². The zero-order chi connectivity index (χ0) is 64.9. The van der Waals surface area contributed by atoms with Crippen LogP contribution in [-0.4, -0.2) is 173 Å². The van der Waals surface area contributed by atoms with Crippen LogP contribution < -0.4 is 69.5 Å². The topological polar surface area (TPSA) is 416 Å². The highest BCUT2D eigenvalue weighted by Crippen LogP contribution is 2.51. The lowest BCUT2D eigenvalue weighted by Crippen LogP contribution is -2.64. The third-order valence-electron chi connectivity index (χ3n) is 17.1. The predicted molar refractivity (Wildman–Crippen MR) is 318 cm³/mol. The fourth-order valence-electron chi connectivity index (χ4n) is 9.97. The van der Waals surface area contributed by atoms with E-state index in [0.29, 0.717) is 25.7 Å². The lowest BCUT2D eigenvalue weighted by molar-refractivity contribution is -0.138. The van der Waals surface area contributed by atoms with Gasteiger partial charge in [-0.2, -0.15) is 0 Å². The van der Waals surface area contributed by atoms with Crippen molar-refractivity contribution in [1.82, 2.24) is 63.8 Å². The Morgan fingerprint density at radius 3 is 1.45 bits per heavy atom. The van der Waals surface area contributed by atoms with E-state index < -0.39 is 193 Å². The number of carbonyl (C=O) groups is 12. The molecule has 0 aromatic heterocycles. The van der Waals surface area contributed by atoms with Crippen molar-refractivity contribution in [2.45, 2.75) is 212 Å². The maximum Gasteiger partial charge on any atom is 0.245 e. The maximum absolute atomic E-state index is 14.4. The number of likely N-dealkylation sites (N-methyl/N-ethyl adjacent to an activating group) is 1. The van der Waals surface area contributed by atoms with Crippen molar-refractivity contribution in [3.05, 3.63) is 35.9 Å². The molecule has 2 unspecified atom stereocenters. The van der Waals surface area contributed by atoms with Gasteiger partial charge in [0.15, 0.2) is 0 Å². The van der Waals surface area contributed by atoms with Crippen LogP contribution in [-0.2, 0) is 57.5 Å². The summed E-state index contributed by atoms with van der Waals surface area (Å²) in [5, 5.41) is 52.7. The maximum atomic E-state index is 14.4. The summed E-state index contributed by atoms with van der Waals surface area (Å²) < 4.78 is 0. The van der Waals surface area contributed by atoms with Gasteiger partial charge in [-0.25, -0.2) is 0 Å². The fraction of sp³-hybridized carbons (Fsp3) is 0.695. The molecular formula is C59H97N13O14. The summed E-state index contributed by atoms with van der Waals surface area (Å²) in [6.45, 7) is 18.1. The Kier molecular flexibility index (Phi) is 29.0. The molecule has 2 aliphatic rings. The number of rotatable bonds is 31. The molecule has 86 heavy (non-hydrogen) atoms. The van der Waals surface area contributed by atoms with Crippen molar-refractivity contribution in [3.8, 4) is 0 Å². The van der Waals surface area contributed by atoms with Crippen LogP contribution in [0.5, 0.6) is 0 Å². The quantitative estimate of drug-likeness (QED) is 0.0382. The van der Waals surface area contributed by atoms with Gasteiger partial charge in [0.1, 0.15) is 66.0 Å². The lowest BCUT2D eigenvalue weighted by Gasteiger charge is -2.32. The van der Waals surface area contributed by atoms with Gasteiger partial charge in [0, 0.05) is 12.3 Å². The smallest absolute Gasteiger partial charge is 0.245 e. The molecule has 482 valence electrons. The van der Waals surface area contributed by atoms with Gasteiger partial charge in [-0.3, -0.25) is 57.5 Å². The van der Waals surface area contributed by atoms with Crippen molar-refractivity contribution < 1.29 is 67.7 Å². The average Bonchev–Trinajstić information content (AvgIpc) is 1.66. The first-order valence-corrected chi connectivity index (χ1v) is 30.1. The van der Waals surface area contributed by atoms with E-state index in [1.165, 1.54) is 13.8 Å². The molecule has 1 heterocycles. The van der Waals surface area contributed by atoms with E-state index in [-0.39, 0.29) is 24.7 Å². The minimum absolute atomic E-state index is 0.172. The van der Waals surface area contributed by atoms with E-state index in [9.17, 15) is 67.7 Å². The molecule has 18 atom stereocenters. The number of amides is 12. The van der Waals surface area contributed by atoms with Crippen LogP contribution >= 0.6 is 0 Å². The summed E-state index contributed by atoms with van der Waals surface area (Å²) in [4.78, 5) is 166. The normalized spacial score (nSPS) is 24.6. The van der Waals surface area contributed by atoms with Crippen LogP contribution in [0.15, 0.2) is 30.3 Å². The summed E-state index contributed by atoms with van der Waals surface area (Å²) in [5.41, 5.74) is 5.39. The Hall–Kier alpha value is -7.26. The molecule has 1 aliphatic carbocycles. The highest BCUT2D eigenvalue weighted by Gasteiger charge is 2.60. The van der Waals surface area contributed by atoms with Crippen molar-refractivity contribution in [3.63, 3.8) is 0 Å². The van der Waals surface area contributed by atoms with Crippen molar-refractivity contribution in [2.24, 2.45) is 35.3 Å². The summed E-state index contributed by atoms with van der Waals surface area (Å²) in [5.74, 6) is -12.8. The van der Waals surface area contributed by atoms with Crippen LogP contribution in [0.1, 0.15) is 146 Å². The second kappa shape index (κ2) is 34.2. The summed E-state index contributed by atoms with van der Waals surface area (Å²) in [7, 11) is 1.65. The highest BCUT2D eigenvalue weighted by atomic mass is 16.3. The van der Waals surface area contributed by atoms with E-state index in [4.69, 9.17) is 5.73 Å². The lowest BCUT2D eigenvalue weighted by atomic mass is 9.94. The molecule has 16 N–H and O–H groups in total. The van der Waals surface area contributed by atoms with Crippen LogP contribution in [0.4, 0.5) is 0 Å². The molecule has 2 fully saturated rings. The van der Waals surface area contributed by atoms with Crippen molar-refractivity contribution >= 4 is 70.9 Å². The Morgan fingerprint density at radius 1 is 0.558 bits per heavy atom. The number of hydrogen-bond donors (Lipinski definition) is 15. The Bertz CT molecular complexity index is 2540. The van der Waals surface area contributed by atoms with Gasteiger partial charge in [0.05, 0.1) is 19.3 Å². The third kappa shape index (κ3) is 19.6. The monoisotopic (exact) mass is 1210 g/mol. The second-order valence-electron chi connectivity index (χ2n) is 23.3. The molecule has 12 amide bonds. The molecule has 1 aromatic carbocycles. The van der Waals surface area contributed by atoms with E-state index in [0.717, 1.165) is 5.56 Å². The fourth-order valence-corrected chi connectivity index (χ4v) is 9.97. The summed E-state index contributed by atoms with van der Waals surface area (Å²) in [6, 6.07) is -5.93. The molecule has 0 spiro atoms. The minimum atomic E-state index is -1.77. The third-order valence-corrected chi connectivity index (χ3v) is 17.1. The number of carbonyl (C=O) groups excluding carboxylic acids is 12. The molecule has 1 saturated heterocycles. The van der Waals surface area contributed by atoms with Crippen LogP contribution in [0.25, 0.3) is 0 Å². The minimum Gasteiger partial charge on any atom is -0.394 e. The Balaban J connectivity index is 1.85. The molecular weight excluding hydrogens is 1110 g/mol. The van der Waals surface area contributed by atoms with Gasteiger partial charge in [0.25, 0.3) is 0 Å². The number of primary amides is 1. The van der Waals surface area contributed by atoms with Gasteiger partial charge >= 0.3 is 0 Å². The highest BCUT2D eigenvalue weighted by molar-refractivity contribution is 6.00. The first kappa shape index (κ1) is 73.0. The molecule has 1 aromatic rings.